The molecule has 3 aromatic carbocycles. The van der Waals surface area contributed by atoms with Crippen LogP contribution < -0.4 is 19.5 Å². The van der Waals surface area contributed by atoms with Crippen LogP contribution in [0.3, 0.4) is 0 Å². The fraction of sp³-hybridized carbons (Fsp3) is 0.394. The molecule has 1 N–H and O–H groups in total. The molecule has 4 aromatic rings. The van der Waals surface area contributed by atoms with Crippen molar-refractivity contribution in [3.05, 3.63) is 83.7 Å². The molecule has 7 nitrogen and oxygen atoms in total. The van der Waals surface area contributed by atoms with Gasteiger partial charge in [-0.3, -0.25) is 4.79 Å². The molecule has 0 radical (unpaired) electrons. The van der Waals surface area contributed by atoms with E-state index in [1.807, 2.05) is 36.4 Å². The van der Waals surface area contributed by atoms with Crippen molar-refractivity contribution in [3.8, 4) is 17.2 Å². The van der Waals surface area contributed by atoms with Gasteiger partial charge in [-0.25, -0.2) is 4.98 Å². The van der Waals surface area contributed by atoms with Crippen LogP contribution in [0.5, 0.6) is 17.2 Å². The standard InChI is InChI=1S/C33H41N3O4/c1-25-12-11-13-27(22-25)40-21-10-9-20-36-29-15-7-6-14-28(29)35-32(36)16-5-4-8-19-34-33(37)24-26-17-18-30(38-2)31(23-26)39-3/h6-7,11-15,17-18,22-23H,4-5,8-10,16,19-21,24H2,1-3H3,(H,34,37). The Morgan fingerprint density at radius 2 is 1.73 bits per heavy atom. The number of methoxy groups -OCH3 is 2. The summed E-state index contributed by atoms with van der Waals surface area (Å²) in [5.74, 6) is 3.38. The molecule has 0 spiro atoms. The van der Waals surface area contributed by atoms with E-state index < -0.39 is 0 Å². The smallest absolute Gasteiger partial charge is 0.224 e. The highest BCUT2D eigenvalue weighted by atomic mass is 16.5. The largest absolute Gasteiger partial charge is 0.494 e. The van der Waals surface area contributed by atoms with Crippen molar-refractivity contribution < 1.29 is 19.0 Å². The normalized spacial score (nSPS) is 11.0. The molecular formula is C33H41N3O4. The average molecular weight is 544 g/mol. The first-order valence-corrected chi connectivity index (χ1v) is 14.2. The number of carbonyl (C=O) groups is 1. The van der Waals surface area contributed by atoms with E-state index in [9.17, 15) is 4.79 Å². The summed E-state index contributed by atoms with van der Waals surface area (Å²) in [6.07, 6.45) is 6.27. The topological polar surface area (TPSA) is 74.6 Å². The molecule has 0 unspecified atom stereocenters. The van der Waals surface area contributed by atoms with Gasteiger partial charge in [0.15, 0.2) is 11.5 Å². The Labute approximate surface area is 237 Å². The summed E-state index contributed by atoms with van der Waals surface area (Å²) in [5.41, 5.74) is 4.36. The molecule has 0 atom stereocenters. The number of hydrogen-bond donors (Lipinski definition) is 1. The highest BCUT2D eigenvalue weighted by Gasteiger charge is 2.11. The van der Waals surface area contributed by atoms with Crippen molar-refractivity contribution in [1.82, 2.24) is 14.9 Å². The highest BCUT2D eigenvalue weighted by Crippen LogP contribution is 2.27. The second-order valence-corrected chi connectivity index (χ2v) is 10.1. The first kappa shape index (κ1) is 29.0. The predicted octanol–water partition coefficient (Wildman–Crippen LogP) is 6.29. The van der Waals surface area contributed by atoms with Gasteiger partial charge in [-0.1, -0.05) is 36.8 Å². The number of para-hydroxylation sites is 2. The van der Waals surface area contributed by atoms with Crippen molar-refractivity contribution in [1.29, 1.82) is 0 Å². The number of unbranched alkanes of at least 4 members (excludes halogenated alkanes) is 3. The minimum atomic E-state index is 0.0143. The number of aromatic nitrogens is 2. The number of imidazole rings is 1. The number of hydrogen-bond acceptors (Lipinski definition) is 5. The zero-order valence-electron chi connectivity index (χ0n) is 23.9. The first-order valence-electron chi connectivity index (χ1n) is 14.2. The molecule has 1 heterocycles. The molecule has 212 valence electrons. The second-order valence-electron chi connectivity index (χ2n) is 10.1. The van der Waals surface area contributed by atoms with Crippen molar-refractivity contribution in [2.45, 2.75) is 58.4 Å². The van der Waals surface area contributed by atoms with E-state index in [-0.39, 0.29) is 5.91 Å². The zero-order chi connectivity index (χ0) is 28.2. The highest BCUT2D eigenvalue weighted by molar-refractivity contribution is 5.78. The molecule has 4 rings (SSSR count). The van der Waals surface area contributed by atoms with Crippen LogP contribution in [0.15, 0.2) is 66.7 Å². The van der Waals surface area contributed by atoms with E-state index in [2.05, 4.69) is 47.1 Å². The van der Waals surface area contributed by atoms with Gasteiger partial charge in [0.2, 0.25) is 5.91 Å². The zero-order valence-corrected chi connectivity index (χ0v) is 23.9. The molecule has 0 aliphatic rings. The van der Waals surface area contributed by atoms with Crippen LogP contribution in [0.25, 0.3) is 11.0 Å². The number of nitrogens with one attached hydrogen (secondary N) is 1. The minimum Gasteiger partial charge on any atom is -0.494 e. The molecule has 0 aliphatic heterocycles. The SMILES string of the molecule is COc1ccc(CC(=O)NCCCCCc2nc3ccccc3n2CCCCOc2cccc(C)c2)cc1OC. The molecule has 40 heavy (non-hydrogen) atoms. The van der Waals surface area contributed by atoms with Crippen LogP contribution in [-0.4, -0.2) is 42.8 Å². The van der Waals surface area contributed by atoms with Gasteiger partial charge in [-0.2, -0.15) is 0 Å². The monoisotopic (exact) mass is 543 g/mol. The quantitative estimate of drug-likeness (QED) is 0.168. The number of aryl methyl sites for hydroxylation is 3. The van der Waals surface area contributed by atoms with E-state index in [0.717, 1.165) is 67.7 Å². The lowest BCUT2D eigenvalue weighted by Gasteiger charge is -2.11. The Kier molecular flexibility index (Phi) is 10.8. The summed E-state index contributed by atoms with van der Waals surface area (Å²) < 4.78 is 18.9. The van der Waals surface area contributed by atoms with Gasteiger partial charge < -0.3 is 24.1 Å². The van der Waals surface area contributed by atoms with E-state index in [1.165, 1.54) is 11.1 Å². The first-order chi connectivity index (χ1) is 19.6. The maximum Gasteiger partial charge on any atom is 0.224 e. The van der Waals surface area contributed by atoms with E-state index >= 15 is 0 Å². The van der Waals surface area contributed by atoms with Crippen molar-refractivity contribution in [2.75, 3.05) is 27.4 Å². The summed E-state index contributed by atoms with van der Waals surface area (Å²) in [6, 6.07) is 22.1. The number of amides is 1. The van der Waals surface area contributed by atoms with Gasteiger partial charge >= 0.3 is 0 Å². The Balaban J connectivity index is 1.19. The van der Waals surface area contributed by atoms with Gasteiger partial charge in [0.05, 0.1) is 38.3 Å². The molecule has 0 aliphatic carbocycles. The Bertz CT molecular complexity index is 1380. The summed E-state index contributed by atoms with van der Waals surface area (Å²) in [4.78, 5) is 17.3. The molecule has 0 saturated carbocycles. The van der Waals surface area contributed by atoms with Crippen molar-refractivity contribution >= 4 is 16.9 Å². The maximum absolute atomic E-state index is 12.4. The molecular weight excluding hydrogens is 502 g/mol. The van der Waals surface area contributed by atoms with Gasteiger partial charge in [0.25, 0.3) is 0 Å². The third kappa shape index (κ3) is 8.25. The molecule has 1 amide bonds. The predicted molar refractivity (Wildman–Crippen MR) is 159 cm³/mol. The second kappa shape index (κ2) is 15.0. The van der Waals surface area contributed by atoms with Crippen LogP contribution in [0.4, 0.5) is 0 Å². The van der Waals surface area contributed by atoms with E-state index in [4.69, 9.17) is 19.2 Å². The molecule has 1 aromatic heterocycles. The third-order valence-corrected chi connectivity index (χ3v) is 6.98. The average Bonchev–Trinajstić information content (AvgIpc) is 3.31. The molecule has 7 heteroatoms. The van der Waals surface area contributed by atoms with Gasteiger partial charge in [-0.05, 0) is 80.1 Å². The molecule has 0 fully saturated rings. The van der Waals surface area contributed by atoms with Crippen LogP contribution in [-0.2, 0) is 24.2 Å². The maximum atomic E-state index is 12.4. The summed E-state index contributed by atoms with van der Waals surface area (Å²) in [5, 5.41) is 3.04. The number of fused-ring (bicyclic) bond motifs is 1. The van der Waals surface area contributed by atoms with Gasteiger partial charge in [0, 0.05) is 19.5 Å². The van der Waals surface area contributed by atoms with Crippen LogP contribution in [0, 0.1) is 6.92 Å². The minimum absolute atomic E-state index is 0.0143. The number of benzene rings is 3. The number of ether oxygens (including phenoxy) is 3. The fourth-order valence-electron chi connectivity index (χ4n) is 4.88. The fourth-order valence-corrected chi connectivity index (χ4v) is 4.88. The van der Waals surface area contributed by atoms with E-state index in [0.29, 0.717) is 31.1 Å². The van der Waals surface area contributed by atoms with Crippen LogP contribution in [0.1, 0.15) is 49.1 Å². The lowest BCUT2D eigenvalue weighted by Crippen LogP contribution is -2.26. The van der Waals surface area contributed by atoms with Crippen molar-refractivity contribution in [2.24, 2.45) is 0 Å². The number of nitrogens with zero attached hydrogens (tertiary/aromatic N) is 2. The van der Waals surface area contributed by atoms with Crippen LogP contribution in [0.2, 0.25) is 0 Å². The van der Waals surface area contributed by atoms with Gasteiger partial charge in [0.1, 0.15) is 11.6 Å². The summed E-state index contributed by atoms with van der Waals surface area (Å²) >= 11 is 0. The lowest BCUT2D eigenvalue weighted by molar-refractivity contribution is -0.120. The Morgan fingerprint density at radius 1 is 0.875 bits per heavy atom. The summed E-state index contributed by atoms with van der Waals surface area (Å²) in [6.45, 7) is 4.39. The Morgan fingerprint density at radius 3 is 2.55 bits per heavy atom. The number of carbonyl (C=O) groups excluding carboxylic acids is 1. The van der Waals surface area contributed by atoms with Crippen molar-refractivity contribution in [3.63, 3.8) is 0 Å². The van der Waals surface area contributed by atoms with Crippen LogP contribution >= 0.6 is 0 Å². The third-order valence-electron chi connectivity index (χ3n) is 6.98. The summed E-state index contributed by atoms with van der Waals surface area (Å²) in [7, 11) is 3.20. The van der Waals surface area contributed by atoms with Gasteiger partial charge in [-0.15, -0.1) is 0 Å². The number of rotatable bonds is 16. The lowest BCUT2D eigenvalue weighted by atomic mass is 10.1. The molecule has 0 bridgehead atoms. The van der Waals surface area contributed by atoms with E-state index in [1.54, 1.807) is 14.2 Å². The molecule has 0 saturated heterocycles. The Hall–Kier alpha value is -4.00.